The molecule has 0 aromatic heterocycles. The number of hydrogen-bond donors (Lipinski definition) is 1. The fourth-order valence-electron chi connectivity index (χ4n) is 3.64. The lowest BCUT2D eigenvalue weighted by atomic mass is 9.67. The Balaban J connectivity index is 1.77. The topological polar surface area (TPSA) is 40.5 Å². The van der Waals surface area contributed by atoms with Crippen LogP contribution in [0.2, 0.25) is 0 Å². The molecule has 1 spiro atoms. The molecule has 0 atom stereocenters. The highest BCUT2D eigenvalue weighted by Crippen LogP contribution is 2.49. The van der Waals surface area contributed by atoms with Gasteiger partial charge in [-0.15, -0.1) is 0 Å². The Bertz CT molecular complexity index is 489. The molecular weight excluding hydrogens is 250 g/mol. The van der Waals surface area contributed by atoms with Crippen molar-refractivity contribution in [2.75, 3.05) is 11.4 Å². The van der Waals surface area contributed by atoms with E-state index >= 15 is 0 Å². The number of benzene rings is 1. The average molecular weight is 272 g/mol. The van der Waals surface area contributed by atoms with Crippen molar-refractivity contribution in [2.45, 2.75) is 51.0 Å². The number of carbonyl (C=O) groups excluding carboxylic acids is 1. The molecule has 1 aromatic carbocycles. The van der Waals surface area contributed by atoms with Crippen LogP contribution in [0.5, 0.6) is 0 Å². The van der Waals surface area contributed by atoms with Gasteiger partial charge in [0.25, 0.3) is 0 Å². The summed E-state index contributed by atoms with van der Waals surface area (Å²) in [7, 11) is 0. The maximum atomic E-state index is 12.8. The summed E-state index contributed by atoms with van der Waals surface area (Å²) in [6.45, 7) is 2.83. The third kappa shape index (κ3) is 2.14. The zero-order valence-corrected chi connectivity index (χ0v) is 12.1. The molecule has 1 saturated carbocycles. The molecule has 3 nitrogen and oxygen atoms in total. The molecule has 1 saturated heterocycles. The quantitative estimate of drug-likeness (QED) is 0.899. The average Bonchev–Trinajstić information content (AvgIpc) is 2.81. The van der Waals surface area contributed by atoms with Gasteiger partial charge in [-0.3, -0.25) is 4.79 Å². The second-order valence-electron chi connectivity index (χ2n) is 6.32. The zero-order chi connectivity index (χ0) is 14.2. The van der Waals surface area contributed by atoms with Gasteiger partial charge in [0.05, 0.1) is 11.0 Å². The molecule has 107 valence electrons. The van der Waals surface area contributed by atoms with Crippen LogP contribution in [0.3, 0.4) is 0 Å². The molecule has 3 rings (SSSR count). The maximum Gasteiger partial charge on any atom is 0.233 e. The van der Waals surface area contributed by atoms with Crippen molar-refractivity contribution in [3.8, 4) is 0 Å². The lowest BCUT2D eigenvalue weighted by Crippen LogP contribution is -2.43. The second kappa shape index (κ2) is 4.88. The first-order valence-corrected chi connectivity index (χ1v) is 7.59. The summed E-state index contributed by atoms with van der Waals surface area (Å²) in [5.74, 6) is 0.252. The highest BCUT2D eigenvalue weighted by molar-refractivity contribution is 5.99. The molecule has 1 amide bonds. The lowest BCUT2D eigenvalue weighted by Gasteiger charge is -2.40. The first-order chi connectivity index (χ1) is 9.59. The monoisotopic (exact) mass is 272 g/mol. The van der Waals surface area contributed by atoms with Gasteiger partial charge in [-0.25, -0.2) is 0 Å². The van der Waals surface area contributed by atoms with Crippen LogP contribution >= 0.6 is 0 Å². The van der Waals surface area contributed by atoms with E-state index in [4.69, 9.17) is 0 Å². The Labute approximate surface area is 120 Å². The van der Waals surface area contributed by atoms with E-state index in [9.17, 15) is 9.90 Å². The first kappa shape index (κ1) is 13.6. The van der Waals surface area contributed by atoms with Crippen molar-refractivity contribution in [3.05, 3.63) is 30.3 Å². The fourth-order valence-corrected chi connectivity index (χ4v) is 3.64. The van der Waals surface area contributed by atoms with Crippen LogP contribution in [0.1, 0.15) is 45.4 Å². The zero-order valence-electron chi connectivity index (χ0n) is 12.1. The van der Waals surface area contributed by atoms with Crippen molar-refractivity contribution < 1.29 is 9.90 Å². The Morgan fingerprint density at radius 1 is 1.20 bits per heavy atom. The molecule has 1 radical (unpaired) electrons. The number of amides is 1. The summed E-state index contributed by atoms with van der Waals surface area (Å²) in [5.41, 5.74) is 0.212. The molecule has 1 aliphatic carbocycles. The Hall–Kier alpha value is -1.35. The lowest BCUT2D eigenvalue weighted by molar-refractivity contribution is -0.130. The van der Waals surface area contributed by atoms with Gasteiger partial charge >= 0.3 is 0 Å². The molecule has 1 aliphatic heterocycles. The summed E-state index contributed by atoms with van der Waals surface area (Å²) < 4.78 is 0. The van der Waals surface area contributed by atoms with Crippen molar-refractivity contribution in [2.24, 2.45) is 5.41 Å². The highest BCUT2D eigenvalue weighted by atomic mass is 16.3. The highest BCUT2D eigenvalue weighted by Gasteiger charge is 2.51. The van der Waals surface area contributed by atoms with Crippen LogP contribution in [0, 0.1) is 11.5 Å². The van der Waals surface area contributed by atoms with Gasteiger partial charge in [-0.05, 0) is 56.7 Å². The van der Waals surface area contributed by atoms with Crippen LogP contribution in [0.15, 0.2) is 24.3 Å². The summed E-state index contributed by atoms with van der Waals surface area (Å²) in [6.07, 6.45) is 4.87. The van der Waals surface area contributed by atoms with Crippen molar-refractivity contribution in [3.63, 3.8) is 0 Å². The fraction of sp³-hybridized carbons (Fsp3) is 0.588. The van der Waals surface area contributed by atoms with E-state index < -0.39 is 5.60 Å². The summed E-state index contributed by atoms with van der Waals surface area (Å²) in [6, 6.07) is 10.6. The minimum atomic E-state index is -0.541. The predicted octanol–water partition coefficient (Wildman–Crippen LogP) is 2.92. The first-order valence-electron chi connectivity index (χ1n) is 7.59. The minimum absolute atomic E-state index is 0.221. The van der Waals surface area contributed by atoms with Gasteiger partial charge in [0.1, 0.15) is 0 Å². The van der Waals surface area contributed by atoms with Gasteiger partial charge in [0.15, 0.2) is 0 Å². The molecule has 1 aromatic rings. The molecule has 3 heteroatoms. The Morgan fingerprint density at radius 2 is 1.85 bits per heavy atom. The Kier molecular flexibility index (Phi) is 3.33. The van der Waals surface area contributed by atoms with Crippen molar-refractivity contribution >= 4 is 11.6 Å². The van der Waals surface area contributed by atoms with Crippen LogP contribution in [0.4, 0.5) is 5.69 Å². The van der Waals surface area contributed by atoms with Crippen LogP contribution in [0.25, 0.3) is 0 Å². The number of hydrogen-bond acceptors (Lipinski definition) is 2. The van der Waals surface area contributed by atoms with Crippen molar-refractivity contribution in [1.29, 1.82) is 0 Å². The smallest absolute Gasteiger partial charge is 0.233 e. The summed E-state index contributed by atoms with van der Waals surface area (Å²) in [5, 5.41) is 10.4. The SMILES string of the molecule is CC[C@]1(O)CC[C@@]2(CCN(c3cc[c]cc3)C2=O)CC1. The summed E-state index contributed by atoms with van der Waals surface area (Å²) >= 11 is 0. The number of carbonyl (C=O) groups is 1. The van der Waals surface area contributed by atoms with E-state index in [1.165, 1.54) is 0 Å². The van der Waals surface area contributed by atoms with E-state index in [-0.39, 0.29) is 11.3 Å². The normalized spacial score (nSPS) is 33.9. The molecule has 20 heavy (non-hydrogen) atoms. The third-order valence-electron chi connectivity index (χ3n) is 5.32. The summed E-state index contributed by atoms with van der Waals surface area (Å²) in [4.78, 5) is 14.7. The minimum Gasteiger partial charge on any atom is -0.390 e. The van der Waals surface area contributed by atoms with Gasteiger partial charge < -0.3 is 10.0 Å². The van der Waals surface area contributed by atoms with Gasteiger partial charge in [0.2, 0.25) is 5.91 Å². The van der Waals surface area contributed by atoms with Crippen LogP contribution in [-0.2, 0) is 4.79 Å². The maximum absolute atomic E-state index is 12.8. The standard InChI is InChI=1S/C17H22NO2/c1-2-17(20)10-8-16(9-11-17)12-13-18(15(16)19)14-6-4-3-5-7-14/h4-7,20H,2,8-13H2,1H3/t16-,17-. The predicted molar refractivity (Wildman–Crippen MR) is 78.4 cm³/mol. The van der Waals surface area contributed by atoms with E-state index in [2.05, 4.69) is 6.07 Å². The molecule has 1 heterocycles. The van der Waals surface area contributed by atoms with E-state index in [0.29, 0.717) is 0 Å². The molecule has 1 N–H and O–H groups in total. The molecule has 0 unspecified atom stereocenters. The van der Waals surface area contributed by atoms with Crippen LogP contribution in [-0.4, -0.2) is 23.2 Å². The van der Waals surface area contributed by atoms with Gasteiger partial charge in [-0.2, -0.15) is 0 Å². The molecule has 2 aliphatic rings. The third-order valence-corrected chi connectivity index (χ3v) is 5.32. The van der Waals surface area contributed by atoms with E-state index in [1.807, 2.05) is 36.1 Å². The largest absolute Gasteiger partial charge is 0.390 e. The number of nitrogens with zero attached hydrogens (tertiary/aromatic N) is 1. The van der Waals surface area contributed by atoms with Crippen LogP contribution < -0.4 is 4.90 Å². The second-order valence-corrected chi connectivity index (χ2v) is 6.32. The Morgan fingerprint density at radius 3 is 2.45 bits per heavy atom. The van der Waals surface area contributed by atoms with Crippen molar-refractivity contribution in [1.82, 2.24) is 0 Å². The van der Waals surface area contributed by atoms with Gasteiger partial charge in [0, 0.05) is 12.2 Å². The number of rotatable bonds is 2. The van der Waals surface area contributed by atoms with E-state index in [1.54, 1.807) is 0 Å². The molecular formula is C17H22NO2. The number of anilines is 1. The van der Waals surface area contributed by atoms with E-state index in [0.717, 1.165) is 50.8 Å². The number of aliphatic hydroxyl groups is 1. The molecule has 0 bridgehead atoms. The van der Waals surface area contributed by atoms with Gasteiger partial charge in [-0.1, -0.05) is 19.1 Å². The molecule has 2 fully saturated rings.